The van der Waals surface area contributed by atoms with Crippen LogP contribution in [0.25, 0.3) is 0 Å². The van der Waals surface area contributed by atoms with Gasteiger partial charge in [0.15, 0.2) is 0 Å². The minimum absolute atomic E-state index is 0.0173. The summed E-state index contributed by atoms with van der Waals surface area (Å²) >= 11 is 0. The van der Waals surface area contributed by atoms with Crippen LogP contribution < -0.4 is 5.32 Å². The molecule has 7 nitrogen and oxygen atoms in total. The van der Waals surface area contributed by atoms with E-state index in [1.54, 1.807) is 0 Å². The summed E-state index contributed by atoms with van der Waals surface area (Å²) in [7, 11) is 0. The Hall–Kier alpha value is -3.35. The Morgan fingerprint density at radius 2 is 1.97 bits per heavy atom. The van der Waals surface area contributed by atoms with Gasteiger partial charge in [-0.1, -0.05) is 31.2 Å². The third kappa shape index (κ3) is 3.42. The smallest absolute Gasteiger partial charge is 0.270 e. The molecule has 0 aromatic heterocycles. The Labute approximate surface area is 186 Å². The number of benzene rings is 2. The summed E-state index contributed by atoms with van der Waals surface area (Å²) in [5, 5.41) is 25.5. The van der Waals surface area contributed by atoms with Gasteiger partial charge < -0.3 is 15.3 Å². The van der Waals surface area contributed by atoms with E-state index in [1.807, 2.05) is 23.1 Å². The van der Waals surface area contributed by atoms with Crippen molar-refractivity contribution in [3.05, 3.63) is 75.4 Å². The molecular formula is C25H27N3O4. The number of nitrogens with one attached hydrogen (secondary N) is 1. The van der Waals surface area contributed by atoms with Gasteiger partial charge in [-0.2, -0.15) is 0 Å². The average Bonchev–Trinajstić information content (AvgIpc) is 3.29. The zero-order chi connectivity index (χ0) is 22.4. The fraction of sp³-hybridized carbons (Fsp3) is 0.400. The first kappa shape index (κ1) is 20.5. The van der Waals surface area contributed by atoms with Crippen LogP contribution in [-0.2, 0) is 0 Å². The van der Waals surface area contributed by atoms with E-state index in [2.05, 4.69) is 24.4 Å². The maximum Gasteiger partial charge on any atom is 0.270 e. The molecule has 5 rings (SSSR count). The van der Waals surface area contributed by atoms with E-state index in [1.165, 1.54) is 18.2 Å². The van der Waals surface area contributed by atoms with E-state index in [0.717, 1.165) is 43.6 Å². The maximum atomic E-state index is 13.5. The van der Waals surface area contributed by atoms with E-state index in [9.17, 15) is 20.0 Å². The first-order valence-corrected chi connectivity index (χ1v) is 11.3. The number of hydrogen-bond acceptors (Lipinski definition) is 5. The van der Waals surface area contributed by atoms with E-state index < -0.39 is 4.92 Å². The van der Waals surface area contributed by atoms with E-state index in [-0.39, 0.29) is 35.2 Å². The molecule has 166 valence electrons. The van der Waals surface area contributed by atoms with Crippen molar-refractivity contribution in [2.45, 2.75) is 38.1 Å². The van der Waals surface area contributed by atoms with Crippen LogP contribution in [0.1, 0.15) is 59.6 Å². The normalized spacial score (nSPS) is 24.5. The maximum absolute atomic E-state index is 13.5. The van der Waals surface area contributed by atoms with Gasteiger partial charge in [-0.25, -0.2) is 0 Å². The van der Waals surface area contributed by atoms with Gasteiger partial charge in [0.25, 0.3) is 11.6 Å². The fourth-order valence-corrected chi connectivity index (χ4v) is 5.39. The molecular weight excluding hydrogens is 406 g/mol. The molecule has 2 heterocycles. The second kappa shape index (κ2) is 7.97. The van der Waals surface area contributed by atoms with Gasteiger partial charge in [-0.3, -0.25) is 14.9 Å². The number of allylic oxidation sites excluding steroid dienone is 2. The van der Waals surface area contributed by atoms with Crippen molar-refractivity contribution in [3.63, 3.8) is 0 Å². The van der Waals surface area contributed by atoms with Crippen LogP contribution in [0.3, 0.4) is 0 Å². The molecule has 1 fully saturated rings. The molecule has 1 amide bonds. The van der Waals surface area contributed by atoms with Crippen LogP contribution in [0.5, 0.6) is 5.75 Å². The van der Waals surface area contributed by atoms with Crippen molar-refractivity contribution in [3.8, 4) is 5.75 Å². The standard InChI is InChI=1S/C25H27N3O4/c1-15-10-12-27(13-11-15)25(30)20-7-3-6-18-17-4-2-5-19(17)24(26-23(18)20)21-14-16(28(31)32)8-9-22(21)29/h2-4,6-9,14-15,17,19,24,26,29H,5,10-13H2,1H3. The molecule has 0 radical (unpaired) electrons. The van der Waals surface area contributed by atoms with Gasteiger partial charge in [-0.15, -0.1) is 0 Å². The molecule has 2 aromatic rings. The Bertz CT molecular complexity index is 1100. The molecule has 7 heteroatoms. The average molecular weight is 434 g/mol. The Morgan fingerprint density at radius 1 is 1.19 bits per heavy atom. The number of anilines is 1. The molecule has 32 heavy (non-hydrogen) atoms. The van der Waals surface area contributed by atoms with Crippen LogP contribution in [0.4, 0.5) is 11.4 Å². The van der Waals surface area contributed by atoms with E-state index in [4.69, 9.17) is 0 Å². The largest absolute Gasteiger partial charge is 0.508 e. The fourth-order valence-electron chi connectivity index (χ4n) is 5.39. The predicted octanol–water partition coefficient (Wildman–Crippen LogP) is 5.00. The number of piperidine rings is 1. The molecule has 1 aliphatic carbocycles. The highest BCUT2D eigenvalue weighted by molar-refractivity contribution is 6.01. The van der Waals surface area contributed by atoms with E-state index in [0.29, 0.717) is 17.0 Å². The molecule has 3 aliphatic rings. The topological polar surface area (TPSA) is 95.7 Å². The summed E-state index contributed by atoms with van der Waals surface area (Å²) in [5.74, 6) is 0.868. The van der Waals surface area contributed by atoms with Crippen molar-refractivity contribution >= 4 is 17.3 Å². The molecule has 0 bridgehead atoms. The van der Waals surface area contributed by atoms with Crippen molar-refractivity contribution in [2.24, 2.45) is 11.8 Å². The highest BCUT2D eigenvalue weighted by atomic mass is 16.6. The number of para-hydroxylation sites is 1. The summed E-state index contributed by atoms with van der Waals surface area (Å²) in [6.07, 6.45) is 7.08. The molecule has 3 unspecified atom stereocenters. The van der Waals surface area contributed by atoms with Gasteiger partial charge in [0.2, 0.25) is 0 Å². The van der Waals surface area contributed by atoms with Gasteiger partial charge in [0.1, 0.15) is 5.75 Å². The third-order valence-electron chi connectivity index (χ3n) is 7.25. The number of carbonyl (C=O) groups excluding carboxylic acids is 1. The number of amides is 1. The number of phenolic OH excluding ortho intramolecular Hbond substituents is 1. The molecule has 3 atom stereocenters. The molecule has 0 saturated carbocycles. The van der Waals surface area contributed by atoms with Crippen molar-refractivity contribution < 1.29 is 14.8 Å². The van der Waals surface area contributed by atoms with Crippen molar-refractivity contribution in [1.82, 2.24) is 4.90 Å². The van der Waals surface area contributed by atoms with Crippen LogP contribution in [0.15, 0.2) is 48.6 Å². The lowest BCUT2D eigenvalue weighted by Gasteiger charge is -2.39. The number of non-ortho nitro benzene ring substituents is 1. The minimum Gasteiger partial charge on any atom is -0.508 e. The minimum atomic E-state index is -0.448. The second-order valence-corrected chi connectivity index (χ2v) is 9.22. The summed E-state index contributed by atoms with van der Waals surface area (Å²) in [6, 6.07) is 9.65. The number of hydrogen-bond donors (Lipinski definition) is 2. The Morgan fingerprint density at radius 3 is 2.72 bits per heavy atom. The lowest BCUT2D eigenvalue weighted by Crippen LogP contribution is -2.39. The lowest BCUT2D eigenvalue weighted by molar-refractivity contribution is -0.385. The van der Waals surface area contributed by atoms with Gasteiger partial charge in [0.05, 0.1) is 22.2 Å². The van der Waals surface area contributed by atoms with Crippen LogP contribution in [0.2, 0.25) is 0 Å². The first-order valence-electron chi connectivity index (χ1n) is 11.3. The molecule has 0 spiro atoms. The van der Waals surface area contributed by atoms with Crippen LogP contribution >= 0.6 is 0 Å². The summed E-state index contributed by atoms with van der Waals surface area (Å²) in [6.45, 7) is 3.73. The molecule has 2 aromatic carbocycles. The molecule has 2 aliphatic heterocycles. The van der Waals surface area contributed by atoms with Gasteiger partial charge >= 0.3 is 0 Å². The summed E-state index contributed by atoms with van der Waals surface area (Å²) in [4.78, 5) is 26.3. The van der Waals surface area contributed by atoms with Crippen LogP contribution in [0, 0.1) is 22.0 Å². The number of carbonyl (C=O) groups is 1. The number of nitrogens with zero attached hydrogens (tertiary/aromatic N) is 2. The van der Waals surface area contributed by atoms with Crippen molar-refractivity contribution in [1.29, 1.82) is 0 Å². The lowest BCUT2D eigenvalue weighted by atomic mass is 9.76. The molecule has 2 N–H and O–H groups in total. The zero-order valence-electron chi connectivity index (χ0n) is 18.0. The third-order valence-corrected chi connectivity index (χ3v) is 7.25. The number of aromatic hydroxyl groups is 1. The molecule has 1 saturated heterocycles. The van der Waals surface area contributed by atoms with Gasteiger partial charge in [0, 0.05) is 36.7 Å². The highest BCUT2D eigenvalue weighted by Gasteiger charge is 2.41. The number of nitro benzene ring substituents is 1. The zero-order valence-corrected chi connectivity index (χ0v) is 18.0. The van der Waals surface area contributed by atoms with Crippen molar-refractivity contribution in [2.75, 3.05) is 18.4 Å². The summed E-state index contributed by atoms with van der Waals surface area (Å²) in [5.41, 5.74) is 2.92. The number of nitro groups is 1. The van der Waals surface area contributed by atoms with Crippen LogP contribution in [-0.4, -0.2) is 33.9 Å². The Balaban J connectivity index is 1.55. The quantitative estimate of drug-likeness (QED) is 0.403. The second-order valence-electron chi connectivity index (χ2n) is 9.22. The number of phenols is 1. The highest BCUT2D eigenvalue weighted by Crippen LogP contribution is 2.52. The predicted molar refractivity (Wildman–Crippen MR) is 122 cm³/mol. The Kier molecular flexibility index (Phi) is 5.12. The number of rotatable bonds is 3. The number of fused-ring (bicyclic) bond motifs is 3. The summed E-state index contributed by atoms with van der Waals surface area (Å²) < 4.78 is 0. The van der Waals surface area contributed by atoms with Gasteiger partial charge in [-0.05, 0) is 48.8 Å². The number of likely N-dealkylation sites (tertiary alicyclic amines) is 1. The monoisotopic (exact) mass is 433 g/mol. The first-order chi connectivity index (χ1) is 15.4. The van der Waals surface area contributed by atoms with E-state index >= 15 is 0 Å². The SMILES string of the molecule is CC1CCN(C(=O)c2cccc3c2NC(c2cc([N+](=O)[O-])ccc2O)C2CC=CC32)CC1.